The monoisotopic (exact) mass is 617 g/mol. The molecule has 2 aliphatic heterocycles. The summed E-state index contributed by atoms with van der Waals surface area (Å²) in [6.07, 6.45) is 3.40. The Morgan fingerprint density at radius 3 is 2.57 bits per heavy atom. The van der Waals surface area contributed by atoms with Crippen molar-refractivity contribution in [3.8, 4) is 11.1 Å². The highest BCUT2D eigenvalue weighted by atomic mass is 35.5. The molecule has 2 atom stereocenters. The average Bonchev–Trinajstić information content (AvgIpc) is 3.74. The number of nitrogens with zero attached hydrogens (tertiary/aromatic N) is 7. The SMILES string of the molecule is C=CC(=O)N1C[C@H](C)N(c2nc(N3CC(N(C)C)C3)nc3c(F)c(-c4c(C5CC5)ccc5[nH]nc(N)c45)c(Cl)cc23)C[C@H]1C. The van der Waals surface area contributed by atoms with E-state index in [0.717, 1.165) is 37.0 Å². The Hall–Kier alpha value is -3.96. The van der Waals surface area contributed by atoms with Crippen LogP contribution in [0.2, 0.25) is 5.02 Å². The fraction of sp³-hybridized carbons (Fsp3) is 0.438. The van der Waals surface area contributed by atoms with Crippen molar-refractivity contribution in [2.45, 2.75) is 50.7 Å². The Kier molecular flexibility index (Phi) is 6.93. The summed E-state index contributed by atoms with van der Waals surface area (Å²) in [5, 5.41) is 8.67. The van der Waals surface area contributed by atoms with Gasteiger partial charge in [-0.25, -0.2) is 9.37 Å². The summed E-state index contributed by atoms with van der Waals surface area (Å²) in [6, 6.07) is 5.93. The lowest BCUT2D eigenvalue weighted by Gasteiger charge is -2.45. The van der Waals surface area contributed by atoms with E-state index in [0.29, 0.717) is 59.0 Å². The third-order valence-electron chi connectivity index (χ3n) is 9.50. The minimum atomic E-state index is -0.502. The van der Waals surface area contributed by atoms with Crippen molar-refractivity contribution in [3.05, 3.63) is 47.3 Å². The van der Waals surface area contributed by atoms with Crippen LogP contribution < -0.4 is 15.5 Å². The third kappa shape index (κ3) is 4.56. The minimum Gasteiger partial charge on any atom is -0.382 e. The summed E-state index contributed by atoms with van der Waals surface area (Å²) in [7, 11) is 4.10. The van der Waals surface area contributed by atoms with Crippen LogP contribution in [0.1, 0.15) is 38.2 Å². The smallest absolute Gasteiger partial charge is 0.246 e. The molecule has 2 aromatic carbocycles. The van der Waals surface area contributed by atoms with Crippen molar-refractivity contribution >= 4 is 56.9 Å². The molecule has 4 heterocycles. The Balaban J connectivity index is 1.43. The summed E-state index contributed by atoms with van der Waals surface area (Å²) in [5.41, 5.74) is 9.27. The molecule has 3 fully saturated rings. The normalized spacial score (nSPS) is 21.0. The number of anilines is 3. The molecule has 44 heavy (non-hydrogen) atoms. The zero-order valence-corrected chi connectivity index (χ0v) is 26.2. The highest BCUT2D eigenvalue weighted by Gasteiger charge is 2.37. The Morgan fingerprint density at radius 1 is 1.14 bits per heavy atom. The number of likely N-dealkylation sites (N-methyl/N-ethyl adjacent to an activating group) is 1. The summed E-state index contributed by atoms with van der Waals surface area (Å²) >= 11 is 7.05. The van der Waals surface area contributed by atoms with Gasteiger partial charge in [0.15, 0.2) is 11.6 Å². The number of nitrogens with two attached hydrogens (primary N) is 1. The molecule has 1 saturated carbocycles. The predicted molar refractivity (Wildman–Crippen MR) is 174 cm³/mol. The van der Waals surface area contributed by atoms with Crippen LogP contribution in [-0.2, 0) is 4.79 Å². The maximum Gasteiger partial charge on any atom is 0.246 e. The summed E-state index contributed by atoms with van der Waals surface area (Å²) < 4.78 is 17.2. The van der Waals surface area contributed by atoms with Gasteiger partial charge < -0.3 is 25.3 Å². The number of aromatic amines is 1. The summed E-state index contributed by atoms with van der Waals surface area (Å²) in [5.74, 6) is 1.10. The maximum absolute atomic E-state index is 17.2. The second-order valence-electron chi connectivity index (χ2n) is 12.7. The first kappa shape index (κ1) is 28.8. The zero-order valence-electron chi connectivity index (χ0n) is 25.4. The fourth-order valence-electron chi connectivity index (χ4n) is 6.71. The quantitative estimate of drug-likeness (QED) is 0.297. The number of H-pyrrole nitrogens is 1. The number of amides is 1. The number of rotatable bonds is 6. The van der Waals surface area contributed by atoms with E-state index in [2.05, 4.69) is 45.6 Å². The number of hydrogen-bond acceptors (Lipinski definition) is 8. The lowest BCUT2D eigenvalue weighted by molar-refractivity contribution is -0.128. The highest BCUT2D eigenvalue weighted by molar-refractivity contribution is 6.35. The van der Waals surface area contributed by atoms with Crippen LogP contribution in [0.5, 0.6) is 0 Å². The number of aromatic nitrogens is 4. The van der Waals surface area contributed by atoms with Gasteiger partial charge in [0, 0.05) is 60.8 Å². The Bertz CT molecular complexity index is 1810. The summed E-state index contributed by atoms with van der Waals surface area (Å²) in [6.45, 7) is 10.2. The number of nitrogen functional groups attached to an aromatic ring is 1. The van der Waals surface area contributed by atoms with E-state index >= 15 is 4.39 Å². The maximum atomic E-state index is 17.2. The first-order valence-electron chi connectivity index (χ1n) is 15.1. The number of carbonyl (C=O) groups is 1. The minimum absolute atomic E-state index is 0.0885. The van der Waals surface area contributed by atoms with Crippen molar-refractivity contribution in [1.29, 1.82) is 0 Å². The zero-order chi connectivity index (χ0) is 31.0. The van der Waals surface area contributed by atoms with E-state index in [1.54, 1.807) is 6.07 Å². The molecular weight excluding hydrogens is 581 g/mol. The van der Waals surface area contributed by atoms with Crippen LogP contribution in [0.25, 0.3) is 32.9 Å². The Labute approximate surface area is 260 Å². The molecular formula is C32H37ClFN9O. The van der Waals surface area contributed by atoms with Crippen LogP contribution in [0.15, 0.2) is 30.9 Å². The van der Waals surface area contributed by atoms with Crippen molar-refractivity contribution in [2.75, 3.05) is 55.8 Å². The molecule has 12 heteroatoms. The summed E-state index contributed by atoms with van der Waals surface area (Å²) in [4.78, 5) is 30.7. The van der Waals surface area contributed by atoms with Gasteiger partial charge in [-0.1, -0.05) is 24.2 Å². The van der Waals surface area contributed by atoms with Gasteiger partial charge >= 0.3 is 0 Å². The molecule has 1 aliphatic carbocycles. The van der Waals surface area contributed by atoms with E-state index in [9.17, 15) is 4.79 Å². The van der Waals surface area contributed by atoms with Gasteiger partial charge in [-0.2, -0.15) is 10.1 Å². The van der Waals surface area contributed by atoms with E-state index in [1.165, 1.54) is 6.08 Å². The molecule has 0 radical (unpaired) electrons. The van der Waals surface area contributed by atoms with Crippen LogP contribution in [0, 0.1) is 5.82 Å². The van der Waals surface area contributed by atoms with Crippen LogP contribution in [0.4, 0.5) is 22.0 Å². The van der Waals surface area contributed by atoms with Crippen LogP contribution in [0.3, 0.4) is 0 Å². The molecule has 0 unspecified atom stereocenters. The average molecular weight is 618 g/mol. The van der Waals surface area contributed by atoms with Crippen molar-refractivity contribution in [3.63, 3.8) is 0 Å². The Morgan fingerprint density at radius 2 is 1.89 bits per heavy atom. The van der Waals surface area contributed by atoms with Gasteiger partial charge in [-0.15, -0.1) is 0 Å². The van der Waals surface area contributed by atoms with Gasteiger partial charge in [0.05, 0.1) is 15.9 Å². The molecule has 230 valence electrons. The third-order valence-corrected chi connectivity index (χ3v) is 9.80. The number of benzene rings is 2. The second-order valence-corrected chi connectivity index (χ2v) is 13.1. The standard InChI is InChI=1S/C32H37ClFN9O/c1-6-24(44)42-12-17(3)43(13-16(42)2)31-21-11-22(33)26(25-20(18-7-8-18)9-10-23-27(25)30(35)39-38-23)28(34)29(21)36-32(37-31)41-14-19(15-41)40(4)5/h6,9-11,16-19H,1,7-8,12-15H2,2-5H3,(H3,35,38,39)/t16-,17+/m1/s1. The molecule has 1 amide bonds. The molecule has 4 aromatic rings. The number of hydrogen-bond donors (Lipinski definition) is 2. The van der Waals surface area contributed by atoms with Crippen molar-refractivity contribution in [1.82, 2.24) is 30.0 Å². The van der Waals surface area contributed by atoms with Gasteiger partial charge in [-0.3, -0.25) is 9.89 Å². The van der Waals surface area contributed by atoms with Crippen molar-refractivity contribution in [2.24, 2.45) is 0 Å². The molecule has 3 N–H and O–H groups in total. The van der Waals surface area contributed by atoms with Crippen LogP contribution in [-0.4, -0.2) is 94.3 Å². The highest BCUT2D eigenvalue weighted by Crippen LogP contribution is 2.50. The lowest BCUT2D eigenvalue weighted by atomic mass is 9.91. The molecule has 0 spiro atoms. The molecule has 7 rings (SSSR count). The van der Waals surface area contributed by atoms with E-state index < -0.39 is 5.82 Å². The van der Waals surface area contributed by atoms with Gasteiger partial charge in [0.25, 0.3) is 0 Å². The number of carbonyl (C=O) groups excluding carboxylic acids is 1. The second kappa shape index (κ2) is 10.6. The van der Waals surface area contributed by atoms with E-state index in [-0.39, 0.29) is 34.1 Å². The molecule has 0 bridgehead atoms. The first-order chi connectivity index (χ1) is 21.1. The van der Waals surface area contributed by atoms with E-state index in [1.807, 2.05) is 30.9 Å². The molecule has 2 saturated heterocycles. The topological polar surface area (TPSA) is 111 Å². The molecule has 10 nitrogen and oxygen atoms in total. The number of piperazine rings is 1. The number of fused-ring (bicyclic) bond motifs is 2. The van der Waals surface area contributed by atoms with Gasteiger partial charge in [0.2, 0.25) is 11.9 Å². The van der Waals surface area contributed by atoms with Gasteiger partial charge in [-0.05, 0) is 70.5 Å². The molecule has 3 aliphatic rings. The van der Waals surface area contributed by atoms with Gasteiger partial charge in [0.1, 0.15) is 11.3 Å². The molecule has 2 aromatic heterocycles. The fourth-order valence-corrected chi connectivity index (χ4v) is 6.99. The number of nitrogens with one attached hydrogen (secondary N) is 1. The number of halogens is 2. The van der Waals surface area contributed by atoms with Crippen LogP contribution >= 0.6 is 11.6 Å². The van der Waals surface area contributed by atoms with E-state index in [4.69, 9.17) is 27.3 Å². The lowest BCUT2D eigenvalue weighted by Crippen LogP contribution is -2.59. The predicted octanol–water partition coefficient (Wildman–Crippen LogP) is 4.79. The largest absolute Gasteiger partial charge is 0.382 e. The first-order valence-corrected chi connectivity index (χ1v) is 15.5. The van der Waals surface area contributed by atoms with Crippen molar-refractivity contribution < 1.29 is 9.18 Å².